The van der Waals surface area contributed by atoms with Gasteiger partial charge in [0.15, 0.2) is 11.5 Å². The summed E-state index contributed by atoms with van der Waals surface area (Å²) in [7, 11) is 1.61. The zero-order chi connectivity index (χ0) is 22.3. The summed E-state index contributed by atoms with van der Waals surface area (Å²) in [6, 6.07) is 15.1. The lowest BCUT2D eigenvalue weighted by molar-refractivity contribution is -0.123. The summed E-state index contributed by atoms with van der Waals surface area (Å²) in [5.41, 5.74) is 0.917. The molecule has 1 amide bonds. The Hall–Kier alpha value is -2.55. The fraction of sp³-hybridized carbons (Fsp3) is 0.333. The molecule has 8 heteroatoms. The van der Waals surface area contributed by atoms with E-state index >= 15 is 0 Å². The molecule has 2 aromatic rings. The van der Waals surface area contributed by atoms with E-state index in [4.69, 9.17) is 31.2 Å². The molecule has 2 saturated heterocycles. The highest BCUT2D eigenvalue weighted by Crippen LogP contribution is 2.33. The van der Waals surface area contributed by atoms with Crippen LogP contribution in [0.3, 0.4) is 0 Å². The van der Waals surface area contributed by atoms with Gasteiger partial charge in [-0.3, -0.25) is 9.69 Å². The van der Waals surface area contributed by atoms with Crippen molar-refractivity contribution in [2.24, 2.45) is 0 Å². The van der Waals surface area contributed by atoms with Crippen molar-refractivity contribution in [3.05, 3.63) is 59.0 Å². The molecule has 4 rings (SSSR count). The maximum absolute atomic E-state index is 12.8. The highest BCUT2D eigenvalue weighted by Gasteiger charge is 2.34. The fourth-order valence-electron chi connectivity index (χ4n) is 3.51. The van der Waals surface area contributed by atoms with Gasteiger partial charge in [0.25, 0.3) is 5.91 Å². The molecule has 1 atom stereocenters. The summed E-state index contributed by atoms with van der Waals surface area (Å²) in [5.74, 6) is 2.06. The minimum absolute atomic E-state index is 0.0516. The number of amides is 1. The van der Waals surface area contributed by atoms with E-state index < -0.39 is 0 Å². The Balaban J connectivity index is 1.28. The number of hydrogen-bond donors (Lipinski definition) is 0. The molecule has 0 N–H and O–H groups in total. The number of para-hydroxylation sites is 2. The Bertz CT molecular complexity index is 986. The molecule has 2 fully saturated rings. The average molecular weight is 472 g/mol. The van der Waals surface area contributed by atoms with E-state index in [0.717, 1.165) is 30.8 Å². The lowest BCUT2D eigenvalue weighted by Crippen LogP contribution is -2.35. The van der Waals surface area contributed by atoms with E-state index in [2.05, 4.69) is 0 Å². The lowest BCUT2D eigenvalue weighted by atomic mass is 10.2. The number of thiocarbonyl (C=S) groups is 1. The first kappa shape index (κ1) is 22.6. The summed E-state index contributed by atoms with van der Waals surface area (Å²) < 4.78 is 23.0. The minimum atomic E-state index is -0.0516. The normalized spacial score (nSPS) is 19.6. The number of nitrogens with zero attached hydrogens (tertiary/aromatic N) is 1. The first-order chi connectivity index (χ1) is 15.6. The Morgan fingerprint density at radius 2 is 1.88 bits per heavy atom. The maximum Gasteiger partial charge on any atom is 0.266 e. The average Bonchev–Trinajstić information content (AvgIpc) is 3.42. The van der Waals surface area contributed by atoms with Gasteiger partial charge in [0.1, 0.15) is 23.3 Å². The molecule has 32 heavy (non-hydrogen) atoms. The maximum atomic E-state index is 12.8. The van der Waals surface area contributed by atoms with Crippen molar-refractivity contribution in [3.63, 3.8) is 0 Å². The third-order valence-corrected chi connectivity index (χ3v) is 6.52. The van der Waals surface area contributed by atoms with Gasteiger partial charge in [-0.1, -0.05) is 48.2 Å². The largest absolute Gasteiger partial charge is 0.493 e. The van der Waals surface area contributed by atoms with Gasteiger partial charge < -0.3 is 18.9 Å². The standard InChI is InChI=1S/C24H25NO5S2/c1-27-20-6-2-3-7-21(20)30-14-13-29-18-10-8-17(9-11-18)15-22-23(26)25(24(31)32-22)16-19-5-4-12-28-19/h2-3,6-11,15,19H,4-5,12-14,16H2,1H3/b22-15+. The molecule has 168 valence electrons. The van der Waals surface area contributed by atoms with Gasteiger partial charge >= 0.3 is 0 Å². The number of carbonyl (C=O) groups is 1. The topological polar surface area (TPSA) is 57.2 Å². The quantitative estimate of drug-likeness (QED) is 0.302. The van der Waals surface area contributed by atoms with Crippen molar-refractivity contribution in [1.82, 2.24) is 4.90 Å². The second kappa shape index (κ2) is 10.8. The van der Waals surface area contributed by atoms with E-state index in [1.54, 1.807) is 12.0 Å². The molecular formula is C24H25NO5S2. The molecule has 2 aliphatic rings. The Morgan fingerprint density at radius 3 is 2.59 bits per heavy atom. The van der Waals surface area contributed by atoms with Crippen LogP contribution < -0.4 is 14.2 Å². The third-order valence-electron chi connectivity index (χ3n) is 5.14. The van der Waals surface area contributed by atoms with E-state index in [-0.39, 0.29) is 12.0 Å². The number of ether oxygens (including phenoxy) is 4. The smallest absolute Gasteiger partial charge is 0.266 e. The Morgan fingerprint density at radius 1 is 1.12 bits per heavy atom. The molecule has 2 aromatic carbocycles. The molecule has 0 spiro atoms. The van der Waals surface area contributed by atoms with E-state index in [1.165, 1.54) is 11.8 Å². The zero-order valence-corrected chi connectivity index (χ0v) is 19.5. The first-order valence-electron chi connectivity index (χ1n) is 10.5. The van der Waals surface area contributed by atoms with Crippen LogP contribution in [0, 0.1) is 0 Å². The minimum Gasteiger partial charge on any atom is -0.493 e. The highest BCUT2D eigenvalue weighted by atomic mass is 32.2. The van der Waals surface area contributed by atoms with Gasteiger partial charge in [-0.15, -0.1) is 0 Å². The predicted molar refractivity (Wildman–Crippen MR) is 129 cm³/mol. The van der Waals surface area contributed by atoms with Gasteiger partial charge in [0.05, 0.1) is 24.7 Å². The van der Waals surface area contributed by atoms with Crippen LogP contribution in [0.15, 0.2) is 53.4 Å². The molecule has 0 saturated carbocycles. The van der Waals surface area contributed by atoms with Crippen LogP contribution in [0.4, 0.5) is 0 Å². The number of hydrogen-bond acceptors (Lipinski definition) is 7. The van der Waals surface area contributed by atoms with Crippen molar-refractivity contribution in [2.45, 2.75) is 18.9 Å². The Kier molecular flexibility index (Phi) is 7.68. The lowest BCUT2D eigenvalue weighted by Gasteiger charge is -2.18. The van der Waals surface area contributed by atoms with Gasteiger partial charge in [-0.2, -0.15) is 0 Å². The summed E-state index contributed by atoms with van der Waals surface area (Å²) in [5, 5.41) is 0. The number of rotatable bonds is 9. The van der Waals surface area contributed by atoms with E-state index in [9.17, 15) is 4.79 Å². The van der Waals surface area contributed by atoms with Gasteiger partial charge in [-0.25, -0.2) is 0 Å². The number of thioether (sulfide) groups is 1. The van der Waals surface area contributed by atoms with E-state index in [0.29, 0.717) is 40.5 Å². The van der Waals surface area contributed by atoms with Crippen molar-refractivity contribution in [1.29, 1.82) is 0 Å². The molecular weight excluding hydrogens is 446 g/mol. The van der Waals surface area contributed by atoms with E-state index in [1.807, 2.05) is 54.6 Å². The molecule has 0 aromatic heterocycles. The molecule has 0 aliphatic carbocycles. The molecule has 0 bridgehead atoms. The summed E-state index contributed by atoms with van der Waals surface area (Å²) in [6.07, 6.45) is 3.96. The fourth-order valence-corrected chi connectivity index (χ4v) is 4.79. The second-order valence-electron chi connectivity index (χ2n) is 7.34. The highest BCUT2D eigenvalue weighted by molar-refractivity contribution is 8.26. The Labute approximate surface area is 197 Å². The molecule has 6 nitrogen and oxygen atoms in total. The number of carbonyl (C=O) groups excluding carboxylic acids is 1. The van der Waals surface area contributed by atoms with Crippen LogP contribution in [0.1, 0.15) is 18.4 Å². The van der Waals surface area contributed by atoms with Crippen LogP contribution in [0.2, 0.25) is 0 Å². The van der Waals surface area contributed by atoms with Crippen molar-refractivity contribution < 1.29 is 23.7 Å². The predicted octanol–water partition coefficient (Wildman–Crippen LogP) is 4.53. The molecule has 1 unspecified atom stereocenters. The van der Waals surface area contributed by atoms with Crippen molar-refractivity contribution >= 4 is 40.3 Å². The SMILES string of the molecule is COc1ccccc1OCCOc1ccc(/C=C2/SC(=S)N(CC3CCCO3)C2=O)cc1. The number of methoxy groups -OCH3 is 1. The van der Waals surface area contributed by atoms with Crippen molar-refractivity contribution in [2.75, 3.05) is 33.5 Å². The van der Waals surface area contributed by atoms with Crippen LogP contribution >= 0.6 is 24.0 Å². The van der Waals surface area contributed by atoms with Gasteiger partial charge in [-0.05, 0) is 48.7 Å². The third kappa shape index (κ3) is 5.62. The van der Waals surface area contributed by atoms with Crippen molar-refractivity contribution in [3.8, 4) is 17.2 Å². The second-order valence-corrected chi connectivity index (χ2v) is 9.02. The number of benzene rings is 2. The zero-order valence-electron chi connectivity index (χ0n) is 17.8. The summed E-state index contributed by atoms with van der Waals surface area (Å²) >= 11 is 6.75. The van der Waals surface area contributed by atoms with Crippen LogP contribution in [0.5, 0.6) is 17.2 Å². The van der Waals surface area contributed by atoms with Crippen LogP contribution in [0.25, 0.3) is 6.08 Å². The molecule has 2 heterocycles. The summed E-state index contributed by atoms with van der Waals surface area (Å²) in [6.45, 7) is 2.09. The van der Waals surface area contributed by atoms with Crippen LogP contribution in [-0.4, -0.2) is 54.7 Å². The van der Waals surface area contributed by atoms with Gasteiger partial charge in [0, 0.05) is 6.61 Å². The molecule has 0 radical (unpaired) electrons. The monoisotopic (exact) mass is 471 g/mol. The molecule has 2 aliphatic heterocycles. The summed E-state index contributed by atoms with van der Waals surface area (Å²) in [4.78, 5) is 15.0. The van der Waals surface area contributed by atoms with Gasteiger partial charge in [0.2, 0.25) is 0 Å². The van der Waals surface area contributed by atoms with Crippen LogP contribution in [-0.2, 0) is 9.53 Å². The first-order valence-corrected chi connectivity index (χ1v) is 11.7.